The number of nitrogens with zero attached hydrogens (tertiary/aromatic N) is 3. The molecule has 6 heteroatoms. The zero-order chi connectivity index (χ0) is 14.4. The number of rotatable bonds is 3. The molecule has 1 N–H and O–H groups in total. The van der Waals surface area contributed by atoms with Crippen molar-refractivity contribution in [2.75, 3.05) is 13.1 Å². The third-order valence-corrected chi connectivity index (χ3v) is 5.56. The second-order valence-corrected chi connectivity index (χ2v) is 7.16. The van der Waals surface area contributed by atoms with Crippen LogP contribution in [0.4, 0.5) is 0 Å². The minimum absolute atomic E-state index is 0.0792. The Balaban J connectivity index is 1.38. The summed E-state index contributed by atoms with van der Waals surface area (Å²) in [6.45, 7) is 7.34. The van der Waals surface area contributed by atoms with Gasteiger partial charge in [-0.25, -0.2) is 4.98 Å². The fourth-order valence-corrected chi connectivity index (χ4v) is 4.37. The first-order valence-corrected chi connectivity index (χ1v) is 8.36. The van der Waals surface area contributed by atoms with Crippen LogP contribution in [0.3, 0.4) is 0 Å². The molecule has 2 fully saturated rings. The second kappa shape index (κ2) is 5.19. The molecule has 112 valence electrons. The molecule has 0 saturated carbocycles. The van der Waals surface area contributed by atoms with Gasteiger partial charge in [-0.05, 0) is 37.3 Å². The highest BCUT2D eigenvalue weighted by molar-refractivity contribution is 7.10. The van der Waals surface area contributed by atoms with Crippen molar-refractivity contribution in [2.24, 2.45) is 5.92 Å². The molecular formula is C15H20N4OS. The number of ether oxygens (including phenoxy) is 1. The number of hydrogen-bond donors (Lipinski definition) is 1. The average molecular weight is 304 g/mol. The molecule has 0 amide bonds. The number of aromatic nitrogens is 3. The molecule has 0 spiro atoms. The molecular weight excluding hydrogens is 284 g/mol. The van der Waals surface area contributed by atoms with Crippen LogP contribution in [0.2, 0.25) is 0 Å². The maximum Gasteiger partial charge on any atom is 0.179 e. The lowest BCUT2D eigenvalue weighted by atomic mass is 10.0. The molecule has 0 aromatic carbocycles. The van der Waals surface area contributed by atoms with Crippen molar-refractivity contribution in [1.82, 2.24) is 20.1 Å². The van der Waals surface area contributed by atoms with Gasteiger partial charge in [0.15, 0.2) is 5.82 Å². The Kier molecular flexibility index (Phi) is 3.32. The Morgan fingerprint density at radius 2 is 2.33 bits per heavy atom. The first kappa shape index (κ1) is 13.4. The molecule has 0 radical (unpaired) electrons. The molecule has 0 unspecified atom stereocenters. The van der Waals surface area contributed by atoms with E-state index in [9.17, 15) is 0 Å². The predicted molar refractivity (Wildman–Crippen MR) is 81.2 cm³/mol. The maximum absolute atomic E-state index is 6.18. The summed E-state index contributed by atoms with van der Waals surface area (Å²) in [6.07, 6.45) is 1.46. The standard InChI is InChI=1S/C15H20N4OS/c1-9-3-4-21-14(9)8-19-6-11-5-12(20-13(11)7-19)15-16-10(2)17-18-15/h3-4,11-13H,5-8H2,1-2H3,(H,16,17,18)/t11-,12-,13+/m0/s1. The minimum atomic E-state index is 0.0792. The van der Waals surface area contributed by atoms with Crippen molar-refractivity contribution >= 4 is 11.3 Å². The van der Waals surface area contributed by atoms with E-state index in [1.165, 1.54) is 10.4 Å². The third kappa shape index (κ3) is 2.52. The van der Waals surface area contributed by atoms with Crippen molar-refractivity contribution in [1.29, 1.82) is 0 Å². The van der Waals surface area contributed by atoms with Crippen molar-refractivity contribution in [3.8, 4) is 0 Å². The quantitative estimate of drug-likeness (QED) is 0.946. The summed E-state index contributed by atoms with van der Waals surface area (Å²) < 4.78 is 6.18. The first-order chi connectivity index (χ1) is 10.2. The first-order valence-electron chi connectivity index (χ1n) is 7.48. The van der Waals surface area contributed by atoms with Crippen LogP contribution in [0.5, 0.6) is 0 Å². The topological polar surface area (TPSA) is 54.0 Å². The van der Waals surface area contributed by atoms with Gasteiger partial charge in [0.2, 0.25) is 0 Å². The molecule has 2 saturated heterocycles. The summed E-state index contributed by atoms with van der Waals surface area (Å²) in [4.78, 5) is 8.41. The lowest BCUT2D eigenvalue weighted by molar-refractivity contribution is 0.0327. The largest absolute Gasteiger partial charge is 0.365 e. The van der Waals surface area contributed by atoms with Crippen molar-refractivity contribution < 1.29 is 4.74 Å². The lowest BCUT2D eigenvalue weighted by Gasteiger charge is -2.17. The van der Waals surface area contributed by atoms with Crippen LogP contribution in [0, 0.1) is 19.8 Å². The van der Waals surface area contributed by atoms with Gasteiger partial charge in [-0.2, -0.15) is 5.10 Å². The van der Waals surface area contributed by atoms with Gasteiger partial charge >= 0.3 is 0 Å². The van der Waals surface area contributed by atoms with Crippen LogP contribution in [-0.4, -0.2) is 39.3 Å². The predicted octanol–water partition coefficient (Wildman–Crippen LogP) is 2.45. The van der Waals surface area contributed by atoms with E-state index in [1.807, 2.05) is 18.3 Å². The van der Waals surface area contributed by atoms with E-state index < -0.39 is 0 Å². The van der Waals surface area contributed by atoms with Gasteiger partial charge in [-0.3, -0.25) is 10.00 Å². The number of thiophene rings is 1. The second-order valence-electron chi connectivity index (χ2n) is 6.16. The summed E-state index contributed by atoms with van der Waals surface area (Å²) in [5.74, 6) is 2.30. The Bertz CT molecular complexity index is 623. The molecule has 2 aliphatic rings. The highest BCUT2D eigenvalue weighted by Crippen LogP contribution is 2.40. The SMILES string of the molecule is Cc1nc([C@@H]2C[C@H]3CN(Cc4sccc4C)C[C@H]3O2)n[nH]1. The highest BCUT2D eigenvalue weighted by atomic mass is 32.1. The minimum Gasteiger partial charge on any atom is -0.365 e. The van der Waals surface area contributed by atoms with Gasteiger partial charge in [0, 0.05) is 30.4 Å². The molecule has 4 heterocycles. The fourth-order valence-electron chi connectivity index (χ4n) is 3.42. The summed E-state index contributed by atoms with van der Waals surface area (Å²) >= 11 is 1.86. The number of aryl methyl sites for hydroxylation is 2. The third-order valence-electron chi connectivity index (χ3n) is 4.55. The normalized spacial score (nSPS) is 29.1. The van der Waals surface area contributed by atoms with Gasteiger partial charge in [-0.1, -0.05) is 0 Å². The van der Waals surface area contributed by atoms with E-state index in [0.717, 1.165) is 37.7 Å². The molecule has 2 aliphatic heterocycles. The van der Waals surface area contributed by atoms with E-state index >= 15 is 0 Å². The zero-order valence-corrected chi connectivity index (χ0v) is 13.2. The van der Waals surface area contributed by atoms with Crippen LogP contribution in [-0.2, 0) is 11.3 Å². The zero-order valence-electron chi connectivity index (χ0n) is 12.4. The van der Waals surface area contributed by atoms with Crippen LogP contribution >= 0.6 is 11.3 Å². The van der Waals surface area contributed by atoms with E-state index in [0.29, 0.717) is 12.0 Å². The Morgan fingerprint density at radius 3 is 3.00 bits per heavy atom. The molecule has 0 aliphatic carbocycles. The molecule has 21 heavy (non-hydrogen) atoms. The highest BCUT2D eigenvalue weighted by Gasteiger charge is 2.43. The van der Waals surface area contributed by atoms with Gasteiger partial charge < -0.3 is 4.74 Å². The van der Waals surface area contributed by atoms with Crippen molar-refractivity contribution in [3.63, 3.8) is 0 Å². The Labute approximate surface area is 128 Å². The smallest absolute Gasteiger partial charge is 0.179 e. The van der Waals surface area contributed by atoms with E-state index in [4.69, 9.17) is 4.74 Å². The van der Waals surface area contributed by atoms with Gasteiger partial charge in [0.25, 0.3) is 0 Å². The maximum atomic E-state index is 6.18. The van der Waals surface area contributed by atoms with E-state index in [1.54, 1.807) is 0 Å². The van der Waals surface area contributed by atoms with Crippen molar-refractivity contribution in [3.05, 3.63) is 33.5 Å². The van der Waals surface area contributed by atoms with Crippen molar-refractivity contribution in [2.45, 2.75) is 39.0 Å². The van der Waals surface area contributed by atoms with Gasteiger partial charge in [0.1, 0.15) is 11.9 Å². The number of nitrogens with one attached hydrogen (secondary N) is 1. The molecule has 3 atom stereocenters. The van der Waals surface area contributed by atoms with Gasteiger partial charge in [0.05, 0.1) is 6.10 Å². The lowest BCUT2D eigenvalue weighted by Crippen LogP contribution is -2.23. The molecule has 4 rings (SSSR count). The number of aromatic amines is 1. The summed E-state index contributed by atoms with van der Waals surface area (Å²) in [6, 6.07) is 2.20. The van der Waals surface area contributed by atoms with Crippen LogP contribution in [0.1, 0.15) is 34.6 Å². The fraction of sp³-hybridized carbons (Fsp3) is 0.600. The van der Waals surface area contributed by atoms with E-state index in [2.05, 4.69) is 38.5 Å². The van der Waals surface area contributed by atoms with Gasteiger partial charge in [-0.15, -0.1) is 11.3 Å². The molecule has 5 nitrogen and oxygen atoms in total. The van der Waals surface area contributed by atoms with Crippen LogP contribution in [0.25, 0.3) is 0 Å². The Hall–Kier alpha value is -1.24. The number of fused-ring (bicyclic) bond motifs is 1. The summed E-state index contributed by atoms with van der Waals surface area (Å²) in [5, 5.41) is 9.33. The molecule has 2 aromatic rings. The summed E-state index contributed by atoms with van der Waals surface area (Å²) in [7, 11) is 0. The Morgan fingerprint density at radius 1 is 1.43 bits per heavy atom. The molecule has 2 aromatic heterocycles. The average Bonchev–Trinajstić information content (AvgIpc) is 3.15. The molecule has 0 bridgehead atoms. The van der Waals surface area contributed by atoms with Crippen LogP contribution in [0.15, 0.2) is 11.4 Å². The summed E-state index contributed by atoms with van der Waals surface area (Å²) in [5.41, 5.74) is 1.41. The van der Waals surface area contributed by atoms with Crippen LogP contribution < -0.4 is 0 Å². The number of H-pyrrole nitrogens is 1. The monoisotopic (exact) mass is 304 g/mol. The van der Waals surface area contributed by atoms with E-state index in [-0.39, 0.29) is 6.10 Å². The number of likely N-dealkylation sites (tertiary alicyclic amines) is 1. The number of hydrogen-bond acceptors (Lipinski definition) is 5.